The predicted molar refractivity (Wildman–Crippen MR) is 136 cm³/mol. The summed E-state index contributed by atoms with van der Waals surface area (Å²) in [5.41, 5.74) is -2.21. The van der Waals surface area contributed by atoms with Crippen LogP contribution in [0.5, 0.6) is 5.88 Å². The number of carbonyl (C=O) groups is 1. The topological polar surface area (TPSA) is 129 Å². The number of likely N-dealkylation sites (tertiary alicyclic amines) is 1. The van der Waals surface area contributed by atoms with Gasteiger partial charge in [-0.05, 0) is 32.1 Å². The monoisotopic (exact) mass is 578 g/mol. The average molecular weight is 579 g/mol. The number of ether oxygens (including phenoxy) is 1. The van der Waals surface area contributed by atoms with E-state index in [1.165, 1.54) is 6.07 Å². The third-order valence-electron chi connectivity index (χ3n) is 6.46. The first-order valence-electron chi connectivity index (χ1n) is 11.9. The number of H-pyrrole nitrogens is 1. The third-order valence-corrected chi connectivity index (χ3v) is 7.82. The number of sulfonamides is 1. The van der Waals surface area contributed by atoms with E-state index in [9.17, 15) is 22.0 Å². The zero-order chi connectivity index (χ0) is 28.8. The molecule has 0 spiro atoms. The summed E-state index contributed by atoms with van der Waals surface area (Å²) in [6, 6.07) is 4.18. The molecule has 1 atom stereocenters. The lowest BCUT2D eigenvalue weighted by atomic mass is 10.0. The van der Waals surface area contributed by atoms with Crippen molar-refractivity contribution in [1.82, 2.24) is 25.4 Å². The SMILES string of the molecule is COc1ncc(F)cc1S(=O)(=O)Nc1cc(F)cc(-c2ccc3c(C(=O)N[C@H]4CCN(C)C4)n[nH]c3c2F)c1F. The van der Waals surface area contributed by atoms with Crippen LogP contribution in [0.4, 0.5) is 23.2 Å². The molecule has 1 aliphatic rings. The van der Waals surface area contributed by atoms with Gasteiger partial charge in [0.2, 0.25) is 5.88 Å². The highest BCUT2D eigenvalue weighted by atomic mass is 32.2. The number of rotatable bonds is 7. The maximum absolute atomic E-state index is 15.6. The van der Waals surface area contributed by atoms with Gasteiger partial charge in [-0.1, -0.05) is 6.07 Å². The fourth-order valence-electron chi connectivity index (χ4n) is 4.56. The van der Waals surface area contributed by atoms with Crippen molar-refractivity contribution in [2.24, 2.45) is 0 Å². The van der Waals surface area contributed by atoms with Gasteiger partial charge in [-0.25, -0.2) is 31.0 Å². The van der Waals surface area contributed by atoms with Crippen molar-refractivity contribution < 1.29 is 35.5 Å². The molecule has 15 heteroatoms. The van der Waals surface area contributed by atoms with Crippen molar-refractivity contribution in [1.29, 1.82) is 0 Å². The Morgan fingerprint density at radius 2 is 1.88 bits per heavy atom. The highest BCUT2D eigenvalue weighted by Crippen LogP contribution is 2.35. The van der Waals surface area contributed by atoms with Gasteiger partial charge < -0.3 is 15.0 Å². The van der Waals surface area contributed by atoms with Gasteiger partial charge in [-0.15, -0.1) is 0 Å². The van der Waals surface area contributed by atoms with Crippen molar-refractivity contribution in [3.05, 3.63) is 65.5 Å². The molecule has 2 aromatic heterocycles. The first-order chi connectivity index (χ1) is 19.0. The van der Waals surface area contributed by atoms with Gasteiger partial charge in [0.15, 0.2) is 22.2 Å². The smallest absolute Gasteiger partial charge is 0.272 e. The number of nitrogens with one attached hydrogen (secondary N) is 3. The number of pyridine rings is 1. The van der Waals surface area contributed by atoms with Crippen molar-refractivity contribution in [3.63, 3.8) is 0 Å². The number of hydrogen-bond acceptors (Lipinski definition) is 7. The number of benzene rings is 2. The molecule has 3 N–H and O–H groups in total. The molecule has 5 rings (SSSR count). The lowest BCUT2D eigenvalue weighted by Crippen LogP contribution is -2.36. The molecule has 3 heterocycles. The number of amides is 1. The molecular weight excluding hydrogens is 556 g/mol. The normalized spacial score (nSPS) is 15.9. The average Bonchev–Trinajstić information content (AvgIpc) is 3.52. The molecule has 0 unspecified atom stereocenters. The summed E-state index contributed by atoms with van der Waals surface area (Å²) < 4.78 is 91.8. The number of hydrogen-bond donors (Lipinski definition) is 3. The molecule has 210 valence electrons. The Kier molecular flexibility index (Phi) is 7.10. The van der Waals surface area contributed by atoms with E-state index in [4.69, 9.17) is 4.74 Å². The molecule has 0 radical (unpaired) electrons. The molecule has 1 amide bonds. The molecule has 10 nitrogen and oxygen atoms in total. The zero-order valence-electron chi connectivity index (χ0n) is 21.1. The summed E-state index contributed by atoms with van der Waals surface area (Å²) >= 11 is 0. The van der Waals surface area contributed by atoms with Gasteiger partial charge in [0.25, 0.3) is 15.9 Å². The second-order valence-corrected chi connectivity index (χ2v) is 10.9. The summed E-state index contributed by atoms with van der Waals surface area (Å²) in [4.78, 5) is 17.6. The molecule has 1 saturated heterocycles. The Morgan fingerprint density at radius 1 is 1.10 bits per heavy atom. The van der Waals surface area contributed by atoms with Crippen LogP contribution in [0.25, 0.3) is 22.0 Å². The molecule has 2 aromatic carbocycles. The molecule has 4 aromatic rings. The lowest BCUT2D eigenvalue weighted by Gasteiger charge is -2.14. The summed E-state index contributed by atoms with van der Waals surface area (Å²) in [7, 11) is -1.71. The highest BCUT2D eigenvalue weighted by molar-refractivity contribution is 7.92. The second-order valence-electron chi connectivity index (χ2n) is 9.22. The Balaban J connectivity index is 1.50. The standard InChI is InChI=1S/C25H22F4N6O4S/c1-35-6-5-14(11-35)31-24(36)23-16-4-3-15(21(29)22(16)32-33-23)17-7-12(26)8-18(20(17)28)34-40(37,38)19-9-13(27)10-30-25(19)39-2/h3-4,7-10,14,34H,5-6,11H2,1-2H3,(H,31,36)(H,32,33)/t14-/m0/s1. The number of halogens is 4. The van der Waals surface area contributed by atoms with Gasteiger partial charge in [-0.2, -0.15) is 5.10 Å². The van der Waals surface area contributed by atoms with Crippen LogP contribution in [0.2, 0.25) is 0 Å². The molecule has 1 fully saturated rings. The number of aromatic nitrogens is 3. The number of methoxy groups -OCH3 is 1. The Bertz CT molecular complexity index is 1750. The largest absolute Gasteiger partial charge is 0.480 e. The van der Waals surface area contributed by atoms with Crippen LogP contribution in [-0.4, -0.2) is 67.7 Å². The van der Waals surface area contributed by atoms with E-state index in [0.29, 0.717) is 24.7 Å². The van der Waals surface area contributed by atoms with Gasteiger partial charge in [-0.3, -0.25) is 14.6 Å². The summed E-state index contributed by atoms with van der Waals surface area (Å²) in [6.45, 7) is 1.47. The zero-order valence-corrected chi connectivity index (χ0v) is 21.9. The summed E-state index contributed by atoms with van der Waals surface area (Å²) in [5, 5.41) is 9.31. The van der Waals surface area contributed by atoms with Gasteiger partial charge in [0.05, 0.1) is 19.0 Å². The van der Waals surface area contributed by atoms with Crippen molar-refractivity contribution in [2.45, 2.75) is 17.4 Å². The Morgan fingerprint density at radius 3 is 2.58 bits per heavy atom. The lowest BCUT2D eigenvalue weighted by molar-refractivity contribution is 0.0935. The minimum absolute atomic E-state index is 0.0687. The van der Waals surface area contributed by atoms with Crippen LogP contribution in [0.15, 0.2) is 41.4 Å². The summed E-state index contributed by atoms with van der Waals surface area (Å²) in [5.74, 6) is -5.46. The fourth-order valence-corrected chi connectivity index (χ4v) is 5.74. The van der Waals surface area contributed by atoms with Crippen molar-refractivity contribution in [3.8, 4) is 17.0 Å². The Hall–Kier alpha value is -4.24. The quantitative estimate of drug-likeness (QED) is 0.287. The van der Waals surface area contributed by atoms with Crippen molar-refractivity contribution in [2.75, 3.05) is 32.0 Å². The first kappa shape index (κ1) is 27.3. The molecule has 0 saturated carbocycles. The highest BCUT2D eigenvalue weighted by Gasteiger charge is 2.27. The number of fused-ring (bicyclic) bond motifs is 1. The number of carbonyl (C=O) groups excluding carboxylic acids is 1. The number of nitrogens with zero attached hydrogens (tertiary/aromatic N) is 3. The van der Waals surface area contributed by atoms with Crippen LogP contribution in [-0.2, 0) is 10.0 Å². The van der Waals surface area contributed by atoms with E-state index in [2.05, 4.69) is 20.5 Å². The van der Waals surface area contributed by atoms with E-state index in [0.717, 1.165) is 32.3 Å². The predicted octanol–water partition coefficient (Wildman–Crippen LogP) is 3.42. The number of likely N-dealkylation sites (N-methyl/N-ethyl adjacent to an activating group) is 1. The van der Waals surface area contributed by atoms with Crippen LogP contribution in [0.3, 0.4) is 0 Å². The van der Waals surface area contributed by atoms with Crippen LogP contribution in [0, 0.1) is 23.3 Å². The van der Waals surface area contributed by atoms with Crippen LogP contribution < -0.4 is 14.8 Å². The van der Waals surface area contributed by atoms with E-state index in [-0.39, 0.29) is 22.6 Å². The van der Waals surface area contributed by atoms with Gasteiger partial charge in [0.1, 0.15) is 17.2 Å². The summed E-state index contributed by atoms with van der Waals surface area (Å²) in [6.07, 6.45) is 1.46. The molecule has 40 heavy (non-hydrogen) atoms. The minimum atomic E-state index is -4.72. The van der Waals surface area contributed by atoms with Crippen LogP contribution >= 0.6 is 0 Å². The molecule has 1 aliphatic heterocycles. The first-order valence-corrected chi connectivity index (χ1v) is 13.3. The van der Waals surface area contributed by atoms with Gasteiger partial charge >= 0.3 is 0 Å². The molecule has 0 aliphatic carbocycles. The maximum atomic E-state index is 15.6. The van der Waals surface area contributed by atoms with Crippen molar-refractivity contribution >= 4 is 32.5 Å². The number of aromatic amines is 1. The molecule has 0 bridgehead atoms. The molecular formula is C25H22F4N6O4S. The fraction of sp³-hybridized carbons (Fsp3) is 0.240. The van der Waals surface area contributed by atoms with E-state index >= 15 is 8.78 Å². The maximum Gasteiger partial charge on any atom is 0.272 e. The Labute approximate surface area is 225 Å². The van der Waals surface area contributed by atoms with Gasteiger partial charge in [0, 0.05) is 41.2 Å². The van der Waals surface area contributed by atoms with E-state index in [1.54, 1.807) is 0 Å². The minimum Gasteiger partial charge on any atom is -0.480 e. The van der Waals surface area contributed by atoms with Crippen LogP contribution in [0.1, 0.15) is 16.9 Å². The third kappa shape index (κ3) is 5.04. The number of anilines is 1. The van der Waals surface area contributed by atoms with E-state index in [1.807, 2.05) is 16.7 Å². The second kappa shape index (κ2) is 10.4. The van der Waals surface area contributed by atoms with E-state index < -0.39 is 66.8 Å².